The van der Waals surface area contributed by atoms with Crippen molar-refractivity contribution in [2.24, 2.45) is 11.1 Å². The molecule has 1 amide bonds. The fourth-order valence-electron chi connectivity index (χ4n) is 1.65. The van der Waals surface area contributed by atoms with Crippen molar-refractivity contribution in [3.8, 4) is 0 Å². The van der Waals surface area contributed by atoms with Gasteiger partial charge in [-0.05, 0) is 19.3 Å². The van der Waals surface area contributed by atoms with Gasteiger partial charge in [0, 0.05) is 16.9 Å². The Morgan fingerprint density at radius 3 is 2.87 bits per heavy atom. The van der Waals surface area contributed by atoms with E-state index in [4.69, 9.17) is 10.3 Å². The van der Waals surface area contributed by atoms with E-state index in [2.05, 4.69) is 5.16 Å². The second kappa shape index (κ2) is 3.36. The third-order valence-corrected chi connectivity index (χ3v) is 2.92. The molecule has 0 saturated heterocycles. The molecule has 0 radical (unpaired) electrons. The summed E-state index contributed by atoms with van der Waals surface area (Å²) in [7, 11) is 0. The van der Waals surface area contributed by atoms with Crippen molar-refractivity contribution in [3.63, 3.8) is 0 Å². The lowest BCUT2D eigenvalue weighted by Crippen LogP contribution is -2.33. The van der Waals surface area contributed by atoms with Gasteiger partial charge in [0.25, 0.3) is 0 Å². The van der Waals surface area contributed by atoms with E-state index < -0.39 is 5.41 Å². The van der Waals surface area contributed by atoms with Crippen LogP contribution in [0.1, 0.15) is 43.9 Å². The number of carbonyl (C=O) groups is 1. The number of rotatable bonds is 4. The lowest BCUT2D eigenvalue weighted by molar-refractivity contribution is -0.125. The summed E-state index contributed by atoms with van der Waals surface area (Å²) in [5, 5.41) is 3.80. The van der Waals surface area contributed by atoms with Crippen molar-refractivity contribution in [1.82, 2.24) is 5.16 Å². The number of aromatic nitrogens is 1. The van der Waals surface area contributed by atoms with Crippen LogP contribution in [0.3, 0.4) is 0 Å². The SMILES string of the molecule is CC(C)(Cc1cnoc1C1CC1)C(N)=O. The Labute approximate surface area is 88.8 Å². The Kier molecular flexibility index (Phi) is 2.29. The number of nitrogens with zero attached hydrogens (tertiary/aromatic N) is 1. The van der Waals surface area contributed by atoms with Crippen LogP contribution in [0.5, 0.6) is 0 Å². The van der Waals surface area contributed by atoms with E-state index >= 15 is 0 Å². The Bertz CT molecular complexity index is 378. The van der Waals surface area contributed by atoms with E-state index in [0.29, 0.717) is 12.3 Å². The zero-order chi connectivity index (χ0) is 11.1. The zero-order valence-electron chi connectivity index (χ0n) is 9.12. The summed E-state index contributed by atoms with van der Waals surface area (Å²) < 4.78 is 5.21. The van der Waals surface area contributed by atoms with Crippen LogP contribution >= 0.6 is 0 Å². The van der Waals surface area contributed by atoms with Crippen molar-refractivity contribution >= 4 is 5.91 Å². The fraction of sp³-hybridized carbons (Fsp3) is 0.636. The van der Waals surface area contributed by atoms with Gasteiger partial charge in [0.1, 0.15) is 5.76 Å². The number of primary amides is 1. The van der Waals surface area contributed by atoms with Gasteiger partial charge in [-0.15, -0.1) is 0 Å². The van der Waals surface area contributed by atoms with Gasteiger partial charge in [-0.3, -0.25) is 4.79 Å². The van der Waals surface area contributed by atoms with Crippen LogP contribution in [0.4, 0.5) is 0 Å². The maximum absolute atomic E-state index is 11.2. The first-order valence-corrected chi connectivity index (χ1v) is 5.24. The number of nitrogens with two attached hydrogens (primary N) is 1. The van der Waals surface area contributed by atoms with Crippen molar-refractivity contribution in [3.05, 3.63) is 17.5 Å². The first-order chi connectivity index (χ1) is 7.00. The van der Waals surface area contributed by atoms with E-state index in [1.54, 1.807) is 6.20 Å². The summed E-state index contributed by atoms with van der Waals surface area (Å²) in [5.41, 5.74) is 5.84. The van der Waals surface area contributed by atoms with Crippen molar-refractivity contribution in [1.29, 1.82) is 0 Å². The van der Waals surface area contributed by atoms with Crippen molar-refractivity contribution in [2.75, 3.05) is 0 Å². The van der Waals surface area contributed by atoms with Gasteiger partial charge in [0.2, 0.25) is 5.91 Å². The lowest BCUT2D eigenvalue weighted by Gasteiger charge is -2.19. The van der Waals surface area contributed by atoms with Crippen molar-refractivity contribution in [2.45, 2.75) is 39.0 Å². The summed E-state index contributed by atoms with van der Waals surface area (Å²) in [5.74, 6) is 1.18. The maximum atomic E-state index is 11.2. The average molecular weight is 208 g/mol. The Morgan fingerprint density at radius 1 is 1.67 bits per heavy atom. The van der Waals surface area contributed by atoms with Gasteiger partial charge in [-0.2, -0.15) is 0 Å². The number of carbonyl (C=O) groups excluding carboxylic acids is 1. The van der Waals surface area contributed by atoms with Crippen LogP contribution in [0, 0.1) is 5.41 Å². The predicted octanol–water partition coefficient (Wildman–Crippen LogP) is 1.61. The highest BCUT2D eigenvalue weighted by Gasteiger charge is 2.33. The monoisotopic (exact) mass is 208 g/mol. The molecule has 2 N–H and O–H groups in total. The second-order valence-electron chi connectivity index (χ2n) is 4.91. The zero-order valence-corrected chi connectivity index (χ0v) is 9.12. The molecule has 1 heterocycles. The highest BCUT2D eigenvalue weighted by atomic mass is 16.5. The van der Waals surface area contributed by atoms with Crippen LogP contribution in [0.15, 0.2) is 10.7 Å². The molecule has 0 bridgehead atoms. The molecule has 0 spiro atoms. The third-order valence-electron chi connectivity index (χ3n) is 2.92. The normalized spacial score (nSPS) is 16.7. The van der Waals surface area contributed by atoms with Gasteiger partial charge in [-0.25, -0.2) is 0 Å². The van der Waals surface area contributed by atoms with Crippen molar-refractivity contribution < 1.29 is 9.32 Å². The standard InChI is InChI=1S/C11H16N2O2/c1-11(2,10(12)14)5-8-6-13-15-9(8)7-3-4-7/h6-7H,3-5H2,1-2H3,(H2,12,14). The third kappa shape index (κ3) is 2.03. The molecule has 1 saturated carbocycles. The van der Waals surface area contributed by atoms with Crippen LogP contribution in [-0.4, -0.2) is 11.1 Å². The molecule has 1 aromatic rings. The Balaban J connectivity index is 2.16. The van der Waals surface area contributed by atoms with E-state index in [-0.39, 0.29) is 5.91 Å². The van der Waals surface area contributed by atoms with E-state index in [1.165, 1.54) is 12.8 Å². The molecule has 1 aromatic heterocycles. The minimum Gasteiger partial charge on any atom is -0.369 e. The molecule has 0 aliphatic heterocycles. The van der Waals surface area contributed by atoms with Crippen LogP contribution < -0.4 is 5.73 Å². The highest BCUT2D eigenvalue weighted by Crippen LogP contribution is 2.42. The number of hydrogen-bond acceptors (Lipinski definition) is 3. The molecule has 2 rings (SSSR count). The van der Waals surface area contributed by atoms with Gasteiger partial charge in [0.05, 0.1) is 6.20 Å². The Morgan fingerprint density at radius 2 is 2.33 bits per heavy atom. The Hall–Kier alpha value is -1.32. The summed E-state index contributed by atoms with van der Waals surface area (Å²) in [4.78, 5) is 11.2. The first-order valence-electron chi connectivity index (χ1n) is 5.24. The largest absolute Gasteiger partial charge is 0.369 e. The van der Waals surface area contributed by atoms with Gasteiger partial charge >= 0.3 is 0 Å². The quantitative estimate of drug-likeness (QED) is 0.817. The molecule has 0 aromatic carbocycles. The molecule has 1 fully saturated rings. The molecule has 4 nitrogen and oxygen atoms in total. The summed E-state index contributed by atoms with van der Waals surface area (Å²) >= 11 is 0. The minimum atomic E-state index is -0.533. The molecule has 1 aliphatic carbocycles. The average Bonchev–Trinajstić information content (AvgIpc) is 2.88. The van der Waals surface area contributed by atoms with Gasteiger partial charge in [-0.1, -0.05) is 19.0 Å². The molecule has 0 unspecified atom stereocenters. The minimum absolute atomic E-state index is 0.287. The second-order valence-corrected chi connectivity index (χ2v) is 4.91. The molecule has 82 valence electrons. The molecule has 1 aliphatic rings. The molecule has 4 heteroatoms. The van der Waals surface area contributed by atoms with Gasteiger partial charge in [0.15, 0.2) is 0 Å². The van der Waals surface area contributed by atoms with Crippen LogP contribution in [-0.2, 0) is 11.2 Å². The summed E-state index contributed by atoms with van der Waals surface area (Å²) in [6, 6.07) is 0. The molecular formula is C11H16N2O2. The first kappa shape index (κ1) is 10.2. The maximum Gasteiger partial charge on any atom is 0.223 e. The molecule has 0 atom stereocenters. The number of hydrogen-bond donors (Lipinski definition) is 1. The van der Waals surface area contributed by atoms with E-state index in [0.717, 1.165) is 11.3 Å². The van der Waals surface area contributed by atoms with Gasteiger partial charge < -0.3 is 10.3 Å². The smallest absolute Gasteiger partial charge is 0.223 e. The van der Waals surface area contributed by atoms with Crippen LogP contribution in [0.2, 0.25) is 0 Å². The van der Waals surface area contributed by atoms with E-state index in [1.807, 2.05) is 13.8 Å². The summed E-state index contributed by atoms with van der Waals surface area (Å²) in [6.45, 7) is 3.69. The summed E-state index contributed by atoms with van der Waals surface area (Å²) in [6.07, 6.45) is 4.65. The molecule has 15 heavy (non-hydrogen) atoms. The highest BCUT2D eigenvalue weighted by molar-refractivity contribution is 5.80. The van der Waals surface area contributed by atoms with Crippen LogP contribution in [0.25, 0.3) is 0 Å². The van der Waals surface area contributed by atoms with E-state index in [9.17, 15) is 4.79 Å². The number of amides is 1. The topological polar surface area (TPSA) is 69.1 Å². The fourth-order valence-corrected chi connectivity index (χ4v) is 1.65. The predicted molar refractivity (Wildman–Crippen MR) is 55.2 cm³/mol. The lowest BCUT2D eigenvalue weighted by atomic mass is 9.85. The molecular weight excluding hydrogens is 192 g/mol.